The Kier molecular flexibility index (Phi) is 1.89. The summed E-state index contributed by atoms with van der Waals surface area (Å²) < 4.78 is 26.9. The van der Waals surface area contributed by atoms with Crippen molar-refractivity contribution in [3.8, 4) is 0 Å². The Morgan fingerprint density at radius 1 is 1.64 bits per heavy atom. The second-order valence-electron chi connectivity index (χ2n) is 2.20. The van der Waals surface area contributed by atoms with E-state index in [1.807, 2.05) is 0 Å². The van der Waals surface area contributed by atoms with Crippen LogP contribution in [0.15, 0.2) is 0 Å². The highest BCUT2D eigenvalue weighted by atomic mass is 32.2. The van der Waals surface area contributed by atoms with Crippen LogP contribution in [0.1, 0.15) is 13.8 Å². The predicted molar refractivity (Wildman–Crippen MR) is 36.9 cm³/mol. The van der Waals surface area contributed by atoms with E-state index in [0.29, 0.717) is 0 Å². The monoisotopic (exact) mass is 179 g/mol. The van der Waals surface area contributed by atoms with Crippen molar-refractivity contribution in [1.29, 1.82) is 0 Å². The molecule has 1 atom stereocenters. The van der Waals surface area contributed by atoms with Gasteiger partial charge >= 0.3 is 10.3 Å². The van der Waals surface area contributed by atoms with Crippen LogP contribution in [0.5, 0.6) is 0 Å². The van der Waals surface area contributed by atoms with Crippen molar-refractivity contribution in [2.45, 2.75) is 20.0 Å². The summed E-state index contributed by atoms with van der Waals surface area (Å²) in [5.74, 6) is -0.493. The quantitative estimate of drug-likeness (QED) is 0.544. The third kappa shape index (κ3) is 1.23. The van der Waals surface area contributed by atoms with Crippen LogP contribution in [-0.2, 0) is 19.3 Å². The van der Waals surface area contributed by atoms with Crippen molar-refractivity contribution in [2.75, 3.05) is 6.54 Å². The molecule has 1 saturated heterocycles. The maximum absolute atomic E-state index is 11.0. The van der Waals surface area contributed by atoms with E-state index < -0.39 is 22.3 Å². The lowest BCUT2D eigenvalue weighted by molar-refractivity contribution is -0.128. The van der Waals surface area contributed by atoms with E-state index in [4.69, 9.17) is 0 Å². The minimum absolute atomic E-state index is 0.130. The Bertz CT molecular complexity index is 270. The molecule has 1 rings (SSSR count). The number of nitrogens with zero attached hydrogens (tertiary/aromatic N) is 1. The third-order valence-corrected chi connectivity index (χ3v) is 2.93. The molecule has 0 N–H and O–H groups in total. The van der Waals surface area contributed by atoms with Crippen molar-refractivity contribution in [2.24, 2.45) is 0 Å². The van der Waals surface area contributed by atoms with Gasteiger partial charge in [-0.15, -0.1) is 0 Å². The second kappa shape index (κ2) is 2.46. The summed E-state index contributed by atoms with van der Waals surface area (Å²) in [6.45, 7) is 3.12. The van der Waals surface area contributed by atoms with Crippen LogP contribution in [0.4, 0.5) is 0 Å². The van der Waals surface area contributed by atoms with Gasteiger partial charge in [0, 0.05) is 6.54 Å². The van der Waals surface area contributed by atoms with Gasteiger partial charge in [-0.1, -0.05) is 0 Å². The van der Waals surface area contributed by atoms with Crippen LogP contribution >= 0.6 is 0 Å². The van der Waals surface area contributed by atoms with Gasteiger partial charge < -0.3 is 0 Å². The number of carbonyl (C=O) groups is 1. The van der Waals surface area contributed by atoms with Gasteiger partial charge in [-0.3, -0.25) is 4.79 Å². The number of hydrogen-bond donors (Lipinski definition) is 0. The van der Waals surface area contributed by atoms with Gasteiger partial charge in [0.25, 0.3) is 5.91 Å². The standard InChI is InChI=1S/C5H9NO4S/c1-3-6-5(7)4(2)10-11(6,8)9/h4H,3H2,1-2H3/t4-/m1/s1. The second-order valence-corrected chi connectivity index (χ2v) is 3.69. The van der Waals surface area contributed by atoms with Crippen LogP contribution in [0.25, 0.3) is 0 Å². The van der Waals surface area contributed by atoms with Crippen molar-refractivity contribution >= 4 is 16.2 Å². The normalized spacial score (nSPS) is 29.5. The third-order valence-electron chi connectivity index (χ3n) is 1.42. The molecule has 0 spiro atoms. The molecule has 0 unspecified atom stereocenters. The predicted octanol–water partition coefficient (Wildman–Crippen LogP) is -0.502. The zero-order chi connectivity index (χ0) is 8.65. The van der Waals surface area contributed by atoms with Gasteiger partial charge in [-0.2, -0.15) is 8.42 Å². The van der Waals surface area contributed by atoms with Gasteiger partial charge in [0.15, 0.2) is 6.10 Å². The van der Waals surface area contributed by atoms with E-state index in [1.54, 1.807) is 6.92 Å². The fraction of sp³-hybridized carbons (Fsp3) is 0.800. The fourth-order valence-electron chi connectivity index (χ4n) is 0.902. The largest absolute Gasteiger partial charge is 0.365 e. The van der Waals surface area contributed by atoms with E-state index in [9.17, 15) is 13.2 Å². The summed E-state index contributed by atoms with van der Waals surface area (Å²) in [5, 5.41) is 0. The average Bonchev–Trinajstić information content (AvgIpc) is 2.03. The van der Waals surface area contributed by atoms with Gasteiger partial charge in [-0.25, -0.2) is 8.49 Å². The van der Waals surface area contributed by atoms with E-state index in [2.05, 4.69) is 4.18 Å². The van der Waals surface area contributed by atoms with Crippen molar-refractivity contribution in [1.82, 2.24) is 4.31 Å². The number of hydrogen-bond acceptors (Lipinski definition) is 4. The van der Waals surface area contributed by atoms with E-state index >= 15 is 0 Å². The smallest absolute Gasteiger partial charge is 0.271 e. The molecule has 0 aromatic heterocycles. The minimum atomic E-state index is -3.75. The molecule has 0 aliphatic carbocycles. The van der Waals surface area contributed by atoms with Gasteiger partial charge in [-0.05, 0) is 13.8 Å². The van der Waals surface area contributed by atoms with Gasteiger partial charge in [0.2, 0.25) is 0 Å². The molecule has 6 heteroatoms. The van der Waals surface area contributed by atoms with Crippen molar-refractivity contribution in [3.05, 3.63) is 0 Å². The Morgan fingerprint density at radius 3 is 2.36 bits per heavy atom. The molecule has 1 heterocycles. The van der Waals surface area contributed by atoms with Gasteiger partial charge in [0.05, 0.1) is 0 Å². The number of carbonyl (C=O) groups excluding carboxylic acids is 1. The molecular formula is C5H9NO4S. The zero-order valence-electron chi connectivity index (χ0n) is 6.27. The van der Waals surface area contributed by atoms with Crippen molar-refractivity contribution in [3.63, 3.8) is 0 Å². The molecule has 1 fully saturated rings. The SMILES string of the molecule is CCN1C(=O)[C@@H](C)OS1(=O)=O. The average molecular weight is 179 g/mol. The van der Waals surface area contributed by atoms with E-state index in [-0.39, 0.29) is 6.54 Å². The highest BCUT2D eigenvalue weighted by molar-refractivity contribution is 7.85. The lowest BCUT2D eigenvalue weighted by Crippen LogP contribution is -2.30. The van der Waals surface area contributed by atoms with Gasteiger partial charge in [0.1, 0.15) is 0 Å². The van der Waals surface area contributed by atoms with E-state index in [0.717, 1.165) is 4.31 Å². The summed E-state index contributed by atoms with van der Waals surface area (Å²) in [6.07, 6.45) is -0.861. The maximum Gasteiger partial charge on any atom is 0.365 e. The molecule has 0 radical (unpaired) electrons. The molecule has 64 valence electrons. The van der Waals surface area contributed by atoms with Crippen LogP contribution in [0.3, 0.4) is 0 Å². The highest BCUT2D eigenvalue weighted by Gasteiger charge is 2.40. The Labute approximate surface area is 65.2 Å². The summed E-state index contributed by atoms with van der Waals surface area (Å²) in [5.41, 5.74) is 0. The first-order valence-electron chi connectivity index (χ1n) is 3.24. The number of amides is 1. The molecule has 0 aromatic carbocycles. The topological polar surface area (TPSA) is 63.7 Å². The molecule has 1 aliphatic heterocycles. The summed E-state index contributed by atoms with van der Waals surface area (Å²) in [6, 6.07) is 0. The first-order chi connectivity index (χ1) is 4.99. The summed E-state index contributed by atoms with van der Waals surface area (Å²) in [7, 11) is -3.75. The molecule has 1 aliphatic rings. The Balaban J connectivity index is 3.01. The highest BCUT2D eigenvalue weighted by Crippen LogP contribution is 2.17. The lowest BCUT2D eigenvalue weighted by atomic mass is 10.4. The van der Waals surface area contributed by atoms with Crippen LogP contribution in [0, 0.1) is 0 Å². The zero-order valence-corrected chi connectivity index (χ0v) is 7.09. The maximum atomic E-state index is 11.0. The Morgan fingerprint density at radius 2 is 2.18 bits per heavy atom. The van der Waals surface area contributed by atoms with Crippen LogP contribution in [-0.4, -0.2) is 31.3 Å². The fourth-order valence-corrected chi connectivity index (χ4v) is 2.14. The molecule has 1 amide bonds. The summed E-state index contributed by atoms with van der Waals surface area (Å²) in [4.78, 5) is 11.0. The van der Waals surface area contributed by atoms with E-state index in [1.165, 1.54) is 6.92 Å². The molecular weight excluding hydrogens is 170 g/mol. The van der Waals surface area contributed by atoms with Crippen molar-refractivity contribution < 1.29 is 17.4 Å². The molecule has 0 bridgehead atoms. The van der Waals surface area contributed by atoms with Crippen LogP contribution in [0.2, 0.25) is 0 Å². The molecule has 11 heavy (non-hydrogen) atoms. The molecule has 0 aromatic rings. The molecule has 0 saturated carbocycles. The minimum Gasteiger partial charge on any atom is -0.271 e. The molecule has 5 nitrogen and oxygen atoms in total. The number of rotatable bonds is 1. The Hall–Kier alpha value is -0.620. The first-order valence-corrected chi connectivity index (χ1v) is 4.60. The van der Waals surface area contributed by atoms with Crippen LogP contribution < -0.4 is 0 Å². The first kappa shape index (κ1) is 8.48. The summed E-state index contributed by atoms with van der Waals surface area (Å²) >= 11 is 0. The number of likely N-dealkylation sites (N-methyl/N-ethyl adjacent to an activating group) is 1. The lowest BCUT2D eigenvalue weighted by Gasteiger charge is -2.07.